The molecule has 1 aromatic heterocycles. The summed E-state index contributed by atoms with van der Waals surface area (Å²) in [6.07, 6.45) is 6.90. The van der Waals surface area contributed by atoms with Gasteiger partial charge in [-0.1, -0.05) is 5.92 Å². The number of nitrogens with two attached hydrogens (primary N) is 1. The molecule has 5 nitrogen and oxygen atoms in total. The molecule has 0 unspecified atom stereocenters. The highest BCUT2D eigenvalue weighted by molar-refractivity contribution is 5.79. The Morgan fingerprint density at radius 2 is 1.96 bits per heavy atom. The van der Waals surface area contributed by atoms with Gasteiger partial charge in [0.25, 0.3) is 0 Å². The van der Waals surface area contributed by atoms with Crippen molar-refractivity contribution in [1.29, 1.82) is 0 Å². The SMILES string of the molecule is C#CCOCCOc1ccc2c(c1)ncn2-c1ccc(N)cc1. The number of hydrogen-bond acceptors (Lipinski definition) is 4. The van der Waals surface area contributed by atoms with Crippen LogP contribution in [0.1, 0.15) is 0 Å². The normalized spacial score (nSPS) is 10.6. The minimum absolute atomic E-state index is 0.300. The number of nitrogens with zero attached hydrogens (tertiary/aromatic N) is 2. The lowest BCUT2D eigenvalue weighted by molar-refractivity contribution is 0.124. The summed E-state index contributed by atoms with van der Waals surface area (Å²) in [5.41, 5.74) is 9.35. The number of terminal acetylenes is 1. The van der Waals surface area contributed by atoms with E-state index in [1.54, 1.807) is 6.33 Å². The van der Waals surface area contributed by atoms with Crippen LogP contribution in [0.5, 0.6) is 5.75 Å². The van der Waals surface area contributed by atoms with Crippen LogP contribution in [0, 0.1) is 12.3 Å². The van der Waals surface area contributed by atoms with Crippen LogP contribution in [0.2, 0.25) is 0 Å². The Balaban J connectivity index is 1.75. The molecule has 0 bridgehead atoms. The smallest absolute Gasteiger partial charge is 0.121 e. The van der Waals surface area contributed by atoms with Gasteiger partial charge in [0, 0.05) is 17.4 Å². The van der Waals surface area contributed by atoms with Gasteiger partial charge in [-0.15, -0.1) is 6.42 Å². The molecular formula is C18H17N3O2. The molecule has 0 aliphatic heterocycles. The van der Waals surface area contributed by atoms with E-state index in [1.807, 2.05) is 47.0 Å². The number of fused-ring (bicyclic) bond motifs is 1. The lowest BCUT2D eigenvalue weighted by Crippen LogP contribution is -2.06. The molecule has 0 spiro atoms. The van der Waals surface area contributed by atoms with Gasteiger partial charge in [-0.2, -0.15) is 0 Å². The monoisotopic (exact) mass is 307 g/mol. The molecular weight excluding hydrogens is 290 g/mol. The molecule has 0 fully saturated rings. The van der Waals surface area contributed by atoms with Crippen LogP contribution >= 0.6 is 0 Å². The minimum Gasteiger partial charge on any atom is -0.491 e. The van der Waals surface area contributed by atoms with Gasteiger partial charge in [0.1, 0.15) is 25.3 Å². The lowest BCUT2D eigenvalue weighted by Gasteiger charge is -2.07. The number of aromatic nitrogens is 2. The van der Waals surface area contributed by atoms with E-state index in [-0.39, 0.29) is 0 Å². The van der Waals surface area contributed by atoms with E-state index >= 15 is 0 Å². The zero-order chi connectivity index (χ0) is 16.1. The van der Waals surface area contributed by atoms with E-state index in [1.165, 1.54) is 0 Å². The third-order valence-corrected chi connectivity index (χ3v) is 3.37. The predicted octanol–water partition coefficient (Wildman–Crippen LogP) is 2.64. The molecule has 3 rings (SSSR count). The standard InChI is InChI=1S/C18H17N3O2/c1-2-9-22-10-11-23-16-7-8-18-17(12-16)20-13-21(18)15-5-3-14(19)4-6-15/h1,3-8,12-13H,9-11,19H2. The fourth-order valence-corrected chi connectivity index (χ4v) is 2.27. The Kier molecular flexibility index (Phi) is 4.46. The zero-order valence-electron chi connectivity index (χ0n) is 12.6. The van der Waals surface area contributed by atoms with Crippen molar-refractivity contribution in [3.8, 4) is 23.8 Å². The maximum Gasteiger partial charge on any atom is 0.121 e. The van der Waals surface area contributed by atoms with Crippen molar-refractivity contribution >= 4 is 16.7 Å². The first-order chi connectivity index (χ1) is 11.3. The number of hydrogen-bond donors (Lipinski definition) is 1. The van der Waals surface area contributed by atoms with Crippen LogP contribution in [0.25, 0.3) is 16.7 Å². The Labute approximate surface area is 134 Å². The summed E-state index contributed by atoms with van der Waals surface area (Å²) in [7, 11) is 0. The van der Waals surface area contributed by atoms with E-state index in [9.17, 15) is 0 Å². The van der Waals surface area contributed by atoms with Crippen LogP contribution in [0.4, 0.5) is 5.69 Å². The third kappa shape index (κ3) is 3.44. The van der Waals surface area contributed by atoms with Gasteiger partial charge in [-0.3, -0.25) is 4.57 Å². The van der Waals surface area contributed by atoms with E-state index in [0.29, 0.717) is 19.8 Å². The molecule has 116 valence electrons. The molecule has 23 heavy (non-hydrogen) atoms. The molecule has 0 saturated heterocycles. The van der Waals surface area contributed by atoms with Gasteiger partial charge in [0.2, 0.25) is 0 Å². The highest BCUT2D eigenvalue weighted by atomic mass is 16.5. The molecule has 3 aromatic rings. The topological polar surface area (TPSA) is 62.3 Å². The van der Waals surface area contributed by atoms with Crippen molar-refractivity contribution in [1.82, 2.24) is 9.55 Å². The van der Waals surface area contributed by atoms with Crippen molar-refractivity contribution in [3.63, 3.8) is 0 Å². The van der Waals surface area contributed by atoms with E-state index < -0.39 is 0 Å². The Morgan fingerprint density at radius 1 is 1.13 bits per heavy atom. The average Bonchev–Trinajstić information content (AvgIpc) is 2.98. The molecule has 2 N–H and O–H groups in total. The lowest BCUT2D eigenvalue weighted by atomic mass is 10.2. The second-order valence-electron chi connectivity index (χ2n) is 4.96. The molecule has 0 aliphatic rings. The summed E-state index contributed by atoms with van der Waals surface area (Å²) >= 11 is 0. The van der Waals surface area contributed by atoms with Crippen molar-refractivity contribution in [2.45, 2.75) is 0 Å². The molecule has 0 saturated carbocycles. The number of benzene rings is 2. The van der Waals surface area contributed by atoms with Crippen molar-refractivity contribution in [2.24, 2.45) is 0 Å². The Morgan fingerprint density at radius 3 is 2.74 bits per heavy atom. The fourth-order valence-electron chi connectivity index (χ4n) is 2.27. The van der Waals surface area contributed by atoms with Gasteiger partial charge < -0.3 is 15.2 Å². The molecule has 0 amide bonds. The van der Waals surface area contributed by atoms with Crippen LogP contribution in [0.3, 0.4) is 0 Å². The zero-order valence-corrected chi connectivity index (χ0v) is 12.6. The first-order valence-electron chi connectivity index (χ1n) is 7.25. The molecule has 1 heterocycles. The predicted molar refractivity (Wildman–Crippen MR) is 90.6 cm³/mol. The first kappa shape index (κ1) is 14.9. The van der Waals surface area contributed by atoms with Gasteiger partial charge in [0.05, 0.1) is 17.6 Å². The quantitative estimate of drug-likeness (QED) is 0.432. The molecule has 2 aromatic carbocycles. The number of anilines is 1. The van der Waals surface area contributed by atoms with E-state index in [2.05, 4.69) is 10.9 Å². The van der Waals surface area contributed by atoms with Gasteiger partial charge in [0.15, 0.2) is 0 Å². The summed E-state index contributed by atoms with van der Waals surface area (Å²) < 4.78 is 12.8. The summed E-state index contributed by atoms with van der Waals surface area (Å²) in [6.45, 7) is 1.21. The Bertz CT molecular complexity index is 832. The van der Waals surface area contributed by atoms with E-state index in [0.717, 1.165) is 28.2 Å². The minimum atomic E-state index is 0.300. The largest absolute Gasteiger partial charge is 0.491 e. The van der Waals surface area contributed by atoms with Gasteiger partial charge >= 0.3 is 0 Å². The highest BCUT2D eigenvalue weighted by Crippen LogP contribution is 2.23. The Hall–Kier alpha value is -2.97. The number of rotatable bonds is 6. The third-order valence-electron chi connectivity index (χ3n) is 3.37. The highest BCUT2D eigenvalue weighted by Gasteiger charge is 2.06. The van der Waals surface area contributed by atoms with Crippen LogP contribution in [-0.4, -0.2) is 29.4 Å². The van der Waals surface area contributed by atoms with Crippen molar-refractivity contribution in [3.05, 3.63) is 48.8 Å². The van der Waals surface area contributed by atoms with E-state index in [4.69, 9.17) is 21.6 Å². The molecule has 5 heteroatoms. The fraction of sp³-hybridized carbons (Fsp3) is 0.167. The summed E-state index contributed by atoms with van der Waals surface area (Å²) in [5.74, 6) is 3.17. The van der Waals surface area contributed by atoms with Crippen LogP contribution < -0.4 is 10.5 Å². The van der Waals surface area contributed by atoms with Crippen LogP contribution in [-0.2, 0) is 4.74 Å². The molecule has 0 atom stereocenters. The van der Waals surface area contributed by atoms with Gasteiger partial charge in [-0.05, 0) is 36.4 Å². The number of nitrogen functional groups attached to an aromatic ring is 1. The van der Waals surface area contributed by atoms with Crippen LogP contribution in [0.15, 0.2) is 48.8 Å². The maximum absolute atomic E-state index is 5.73. The van der Waals surface area contributed by atoms with Crippen molar-refractivity contribution < 1.29 is 9.47 Å². The molecule has 0 radical (unpaired) electrons. The average molecular weight is 307 g/mol. The summed E-state index contributed by atoms with van der Waals surface area (Å²) in [6, 6.07) is 13.5. The van der Waals surface area contributed by atoms with Gasteiger partial charge in [-0.25, -0.2) is 4.98 Å². The number of imidazole rings is 1. The second kappa shape index (κ2) is 6.86. The molecule has 0 aliphatic carbocycles. The first-order valence-corrected chi connectivity index (χ1v) is 7.25. The van der Waals surface area contributed by atoms with Crippen molar-refractivity contribution in [2.75, 3.05) is 25.6 Å². The second-order valence-corrected chi connectivity index (χ2v) is 4.96. The summed E-state index contributed by atoms with van der Waals surface area (Å²) in [4.78, 5) is 4.43. The number of ether oxygens (including phenoxy) is 2. The summed E-state index contributed by atoms with van der Waals surface area (Å²) in [5, 5.41) is 0. The maximum atomic E-state index is 5.73.